The van der Waals surface area contributed by atoms with Gasteiger partial charge in [0.15, 0.2) is 0 Å². The molecule has 0 radical (unpaired) electrons. The summed E-state index contributed by atoms with van der Waals surface area (Å²) in [5.41, 5.74) is 9.63. The van der Waals surface area contributed by atoms with Gasteiger partial charge >= 0.3 is 0 Å². The summed E-state index contributed by atoms with van der Waals surface area (Å²) in [5.74, 6) is 1.01. The molecule has 2 N–H and O–H groups in total. The Balaban J connectivity index is 2.16. The Morgan fingerprint density at radius 3 is 2.55 bits per heavy atom. The lowest BCUT2D eigenvalue weighted by molar-refractivity contribution is 0.693. The van der Waals surface area contributed by atoms with Gasteiger partial charge in [0.1, 0.15) is 5.82 Å². The van der Waals surface area contributed by atoms with E-state index in [2.05, 4.69) is 61.1 Å². The summed E-state index contributed by atoms with van der Waals surface area (Å²) in [4.78, 5) is 6.76. The number of nitrogens with two attached hydrogens (primary N) is 1. The van der Waals surface area contributed by atoms with Crippen LogP contribution in [0.5, 0.6) is 0 Å². The number of anilines is 1. The molecule has 2 aromatic rings. The summed E-state index contributed by atoms with van der Waals surface area (Å²) in [5, 5.41) is 0. The lowest BCUT2D eigenvalue weighted by atomic mass is 10.1. The van der Waals surface area contributed by atoms with Crippen LogP contribution in [0.4, 0.5) is 5.82 Å². The molecule has 0 aliphatic heterocycles. The van der Waals surface area contributed by atoms with Crippen LogP contribution >= 0.6 is 0 Å². The van der Waals surface area contributed by atoms with Crippen LogP contribution in [0.3, 0.4) is 0 Å². The maximum absolute atomic E-state index is 6.06. The van der Waals surface area contributed by atoms with Gasteiger partial charge < -0.3 is 10.6 Å². The summed E-state index contributed by atoms with van der Waals surface area (Å²) in [6.07, 6.45) is 2.83. The first-order chi connectivity index (χ1) is 9.61. The number of nitrogens with zero attached hydrogens (tertiary/aromatic N) is 2. The van der Waals surface area contributed by atoms with Crippen LogP contribution in [0.2, 0.25) is 0 Å². The zero-order chi connectivity index (χ0) is 14.5. The maximum Gasteiger partial charge on any atom is 0.131 e. The quantitative estimate of drug-likeness (QED) is 0.904. The fourth-order valence-corrected chi connectivity index (χ4v) is 2.36. The van der Waals surface area contributed by atoms with E-state index < -0.39 is 0 Å². The first kappa shape index (κ1) is 14.5. The number of benzene rings is 1. The third kappa shape index (κ3) is 3.36. The van der Waals surface area contributed by atoms with E-state index in [4.69, 9.17) is 5.73 Å². The zero-order valence-corrected chi connectivity index (χ0v) is 12.5. The van der Waals surface area contributed by atoms with Gasteiger partial charge in [0.25, 0.3) is 0 Å². The lowest BCUT2D eigenvalue weighted by Gasteiger charge is -2.21. The Kier molecular flexibility index (Phi) is 4.74. The van der Waals surface area contributed by atoms with Crippen molar-refractivity contribution in [1.29, 1.82) is 0 Å². The van der Waals surface area contributed by atoms with Crippen LogP contribution in [0, 0.1) is 6.92 Å². The fourth-order valence-electron chi connectivity index (χ4n) is 2.36. The van der Waals surface area contributed by atoms with Crippen LogP contribution in [0.25, 0.3) is 0 Å². The van der Waals surface area contributed by atoms with E-state index in [-0.39, 0.29) is 6.04 Å². The number of pyridine rings is 1. The Morgan fingerprint density at radius 2 is 1.95 bits per heavy atom. The molecule has 0 saturated heterocycles. The standard InChI is InChI=1S/C17H23N3/c1-4-16(18)15-10-13(2)17(19-11-15)20(3)12-14-8-6-5-7-9-14/h5-11,16H,4,12,18H2,1-3H3. The zero-order valence-electron chi connectivity index (χ0n) is 12.5. The molecule has 0 spiro atoms. The van der Waals surface area contributed by atoms with Crippen molar-refractivity contribution in [2.45, 2.75) is 32.9 Å². The molecule has 1 aromatic carbocycles. The highest BCUT2D eigenvalue weighted by atomic mass is 15.2. The first-order valence-corrected chi connectivity index (χ1v) is 7.09. The van der Waals surface area contributed by atoms with Gasteiger partial charge in [-0.3, -0.25) is 0 Å². The molecule has 0 fully saturated rings. The molecule has 2 rings (SSSR count). The van der Waals surface area contributed by atoms with Gasteiger partial charge in [0.2, 0.25) is 0 Å². The van der Waals surface area contributed by atoms with Gasteiger partial charge in [0.05, 0.1) is 0 Å². The van der Waals surface area contributed by atoms with Gasteiger partial charge in [-0.1, -0.05) is 37.3 Å². The van der Waals surface area contributed by atoms with Crippen molar-refractivity contribution in [3.63, 3.8) is 0 Å². The summed E-state index contributed by atoms with van der Waals surface area (Å²) >= 11 is 0. The number of aromatic nitrogens is 1. The summed E-state index contributed by atoms with van der Waals surface area (Å²) in [7, 11) is 2.07. The van der Waals surface area contributed by atoms with Crippen LogP contribution in [0.1, 0.15) is 36.1 Å². The van der Waals surface area contributed by atoms with Gasteiger partial charge in [-0.25, -0.2) is 4.98 Å². The van der Waals surface area contributed by atoms with Gasteiger partial charge in [-0.2, -0.15) is 0 Å². The molecular weight excluding hydrogens is 246 g/mol. The molecular formula is C17H23N3. The van der Waals surface area contributed by atoms with Gasteiger partial charge in [-0.15, -0.1) is 0 Å². The second-order valence-electron chi connectivity index (χ2n) is 5.27. The average molecular weight is 269 g/mol. The molecule has 3 nitrogen and oxygen atoms in total. The Morgan fingerprint density at radius 1 is 1.25 bits per heavy atom. The van der Waals surface area contributed by atoms with Crippen molar-refractivity contribution in [3.05, 3.63) is 59.3 Å². The molecule has 0 amide bonds. The number of hydrogen-bond acceptors (Lipinski definition) is 3. The molecule has 0 aliphatic carbocycles. The van der Waals surface area contributed by atoms with Crippen molar-refractivity contribution in [2.24, 2.45) is 5.73 Å². The Hall–Kier alpha value is -1.87. The van der Waals surface area contributed by atoms with E-state index in [9.17, 15) is 0 Å². The Labute approximate surface area is 121 Å². The highest BCUT2D eigenvalue weighted by molar-refractivity contribution is 5.47. The largest absolute Gasteiger partial charge is 0.355 e. The topological polar surface area (TPSA) is 42.1 Å². The minimum atomic E-state index is 0.0784. The highest BCUT2D eigenvalue weighted by Crippen LogP contribution is 2.22. The molecule has 1 unspecified atom stereocenters. The van der Waals surface area contributed by atoms with Crippen molar-refractivity contribution in [1.82, 2.24) is 4.98 Å². The smallest absolute Gasteiger partial charge is 0.131 e. The lowest BCUT2D eigenvalue weighted by Crippen LogP contribution is -2.19. The van der Waals surface area contributed by atoms with Crippen LogP contribution in [0.15, 0.2) is 42.6 Å². The molecule has 1 aromatic heterocycles. The molecule has 0 saturated carbocycles. The molecule has 3 heteroatoms. The van der Waals surface area contributed by atoms with E-state index in [1.54, 1.807) is 0 Å². The second kappa shape index (κ2) is 6.53. The molecule has 1 atom stereocenters. The molecule has 1 heterocycles. The maximum atomic E-state index is 6.06. The van der Waals surface area contributed by atoms with Crippen molar-refractivity contribution < 1.29 is 0 Å². The van der Waals surface area contributed by atoms with Gasteiger partial charge in [0, 0.05) is 25.8 Å². The third-order valence-electron chi connectivity index (χ3n) is 3.56. The SMILES string of the molecule is CCC(N)c1cnc(N(C)Cc2ccccc2)c(C)c1. The summed E-state index contributed by atoms with van der Waals surface area (Å²) in [6.45, 7) is 5.04. The molecule has 106 valence electrons. The number of rotatable bonds is 5. The number of aryl methyl sites for hydroxylation is 1. The summed E-state index contributed by atoms with van der Waals surface area (Å²) < 4.78 is 0. The van der Waals surface area contributed by atoms with Crippen molar-refractivity contribution in [3.8, 4) is 0 Å². The fraction of sp³-hybridized carbons (Fsp3) is 0.353. The van der Waals surface area contributed by atoms with E-state index >= 15 is 0 Å². The van der Waals surface area contributed by atoms with E-state index in [0.717, 1.165) is 24.3 Å². The van der Waals surface area contributed by atoms with E-state index in [1.165, 1.54) is 11.1 Å². The van der Waals surface area contributed by atoms with Crippen LogP contribution in [-0.4, -0.2) is 12.0 Å². The van der Waals surface area contributed by atoms with Gasteiger partial charge in [-0.05, 0) is 36.1 Å². The first-order valence-electron chi connectivity index (χ1n) is 7.09. The molecule has 0 bridgehead atoms. The normalized spacial score (nSPS) is 12.2. The molecule has 20 heavy (non-hydrogen) atoms. The highest BCUT2D eigenvalue weighted by Gasteiger charge is 2.10. The minimum absolute atomic E-state index is 0.0784. The second-order valence-corrected chi connectivity index (χ2v) is 5.27. The predicted octanol–water partition coefficient (Wildman–Crippen LogP) is 3.44. The van der Waals surface area contributed by atoms with E-state index in [0.29, 0.717) is 0 Å². The number of hydrogen-bond donors (Lipinski definition) is 1. The van der Waals surface area contributed by atoms with Crippen LogP contribution < -0.4 is 10.6 Å². The van der Waals surface area contributed by atoms with Crippen LogP contribution in [-0.2, 0) is 6.54 Å². The average Bonchev–Trinajstić information content (AvgIpc) is 2.47. The predicted molar refractivity (Wildman–Crippen MR) is 84.7 cm³/mol. The minimum Gasteiger partial charge on any atom is -0.355 e. The van der Waals surface area contributed by atoms with Crippen molar-refractivity contribution in [2.75, 3.05) is 11.9 Å². The summed E-state index contributed by atoms with van der Waals surface area (Å²) in [6, 6.07) is 12.7. The Bertz CT molecular complexity index is 551. The molecule has 0 aliphatic rings. The van der Waals surface area contributed by atoms with Crippen molar-refractivity contribution >= 4 is 5.82 Å². The van der Waals surface area contributed by atoms with E-state index in [1.807, 2.05) is 12.3 Å². The third-order valence-corrected chi connectivity index (χ3v) is 3.56. The monoisotopic (exact) mass is 269 g/mol.